The summed E-state index contributed by atoms with van der Waals surface area (Å²) in [6.45, 7) is 1.39. The zero-order valence-electron chi connectivity index (χ0n) is 16.1. The van der Waals surface area contributed by atoms with Crippen LogP contribution in [-0.2, 0) is 19.1 Å². The lowest BCUT2D eigenvalue weighted by atomic mass is 10.0. The van der Waals surface area contributed by atoms with E-state index in [9.17, 15) is 14.4 Å². The second-order valence-corrected chi connectivity index (χ2v) is 7.82. The van der Waals surface area contributed by atoms with Crippen LogP contribution in [-0.4, -0.2) is 24.9 Å². The number of carbonyl (C=O) groups excluding carboxylic acids is 3. The Morgan fingerprint density at radius 2 is 1.66 bits per heavy atom. The van der Waals surface area contributed by atoms with Crippen molar-refractivity contribution in [2.24, 2.45) is 0 Å². The second kappa shape index (κ2) is 11.0. The maximum absolute atomic E-state index is 12.8. The molecule has 0 spiro atoms. The lowest BCUT2D eigenvalue weighted by Gasteiger charge is -2.22. The van der Waals surface area contributed by atoms with Crippen LogP contribution in [0.5, 0.6) is 0 Å². The number of ether oxygens (including phenoxy) is 1. The maximum atomic E-state index is 12.8. The number of halogens is 2. The van der Waals surface area contributed by atoms with E-state index in [4.69, 9.17) is 16.3 Å². The fourth-order valence-corrected chi connectivity index (χ4v) is 3.40. The Bertz CT molecular complexity index is 873. The third-order valence-corrected chi connectivity index (χ3v) is 4.97. The fourth-order valence-electron chi connectivity index (χ4n) is 2.86. The molecule has 2 rings (SSSR count). The number of carbonyl (C=O) groups is 3. The van der Waals surface area contributed by atoms with Crippen LogP contribution >= 0.6 is 27.5 Å². The Hall–Kier alpha value is -2.38. The summed E-state index contributed by atoms with van der Waals surface area (Å²) in [6, 6.07) is 13.2. The van der Waals surface area contributed by atoms with E-state index in [1.54, 1.807) is 24.3 Å². The first-order valence-corrected chi connectivity index (χ1v) is 10.1. The molecule has 6 nitrogen and oxygen atoms in total. The number of benzene rings is 2. The zero-order valence-corrected chi connectivity index (χ0v) is 18.4. The van der Waals surface area contributed by atoms with Gasteiger partial charge in [-0.25, -0.2) is 0 Å². The van der Waals surface area contributed by atoms with E-state index in [1.807, 2.05) is 24.3 Å². The number of amides is 2. The van der Waals surface area contributed by atoms with E-state index < -0.39 is 18.1 Å². The molecule has 0 saturated heterocycles. The van der Waals surface area contributed by atoms with Crippen LogP contribution in [0.1, 0.15) is 43.0 Å². The molecule has 8 heteroatoms. The third kappa shape index (κ3) is 7.51. The highest BCUT2D eigenvalue weighted by molar-refractivity contribution is 9.10. The molecule has 0 radical (unpaired) electrons. The maximum Gasteiger partial charge on any atom is 0.307 e. The molecule has 29 heavy (non-hydrogen) atoms. The molecular weight excluding hydrogens is 460 g/mol. The fraction of sp³-hybridized carbons (Fsp3) is 0.286. The van der Waals surface area contributed by atoms with Crippen LogP contribution in [0.4, 0.5) is 0 Å². The van der Waals surface area contributed by atoms with E-state index in [-0.39, 0.29) is 24.7 Å². The van der Waals surface area contributed by atoms with E-state index in [1.165, 1.54) is 14.0 Å². The van der Waals surface area contributed by atoms with Gasteiger partial charge in [0.2, 0.25) is 11.8 Å². The molecule has 0 fully saturated rings. The highest BCUT2D eigenvalue weighted by Crippen LogP contribution is 2.24. The average molecular weight is 482 g/mol. The average Bonchev–Trinajstić information content (AvgIpc) is 2.67. The molecule has 0 heterocycles. The molecule has 0 saturated carbocycles. The first kappa shape index (κ1) is 22.9. The van der Waals surface area contributed by atoms with Crippen molar-refractivity contribution in [1.82, 2.24) is 10.6 Å². The number of methoxy groups -OCH3 is 1. The lowest BCUT2D eigenvalue weighted by Crippen LogP contribution is -2.35. The van der Waals surface area contributed by atoms with Gasteiger partial charge in [-0.15, -0.1) is 0 Å². The van der Waals surface area contributed by atoms with Crippen LogP contribution in [0, 0.1) is 0 Å². The minimum absolute atomic E-state index is 0.00683. The summed E-state index contributed by atoms with van der Waals surface area (Å²) < 4.78 is 5.59. The Labute approximate surface area is 183 Å². The van der Waals surface area contributed by atoms with Gasteiger partial charge in [-0.2, -0.15) is 0 Å². The minimum atomic E-state index is -0.560. The molecule has 2 aromatic rings. The number of hydrogen-bond donors (Lipinski definition) is 2. The van der Waals surface area contributed by atoms with Gasteiger partial charge in [-0.05, 0) is 35.4 Å². The molecule has 0 aliphatic carbocycles. The Kier molecular flexibility index (Phi) is 8.67. The number of nitrogens with one attached hydrogen (secondary N) is 2. The molecule has 154 valence electrons. The molecule has 2 aromatic carbocycles. The van der Waals surface area contributed by atoms with Crippen molar-refractivity contribution in [2.75, 3.05) is 7.11 Å². The molecule has 2 unspecified atom stereocenters. The van der Waals surface area contributed by atoms with Crippen molar-refractivity contribution < 1.29 is 19.1 Å². The Balaban J connectivity index is 2.18. The van der Waals surface area contributed by atoms with Crippen LogP contribution in [0.15, 0.2) is 53.0 Å². The molecule has 0 aromatic heterocycles. The van der Waals surface area contributed by atoms with Crippen LogP contribution in [0.25, 0.3) is 0 Å². The number of rotatable bonds is 8. The Morgan fingerprint density at radius 1 is 1.00 bits per heavy atom. The molecule has 2 N–H and O–H groups in total. The topological polar surface area (TPSA) is 84.5 Å². The highest BCUT2D eigenvalue weighted by atomic mass is 79.9. The van der Waals surface area contributed by atoms with Gasteiger partial charge in [0.15, 0.2) is 0 Å². The van der Waals surface area contributed by atoms with Crippen molar-refractivity contribution in [2.45, 2.75) is 31.8 Å². The summed E-state index contributed by atoms with van der Waals surface area (Å²) >= 11 is 9.32. The van der Waals surface area contributed by atoms with Crippen molar-refractivity contribution >= 4 is 45.3 Å². The SMILES string of the molecule is COC(=O)CC(NC(=O)CC(NC(C)=O)c1ccc(Cl)cc1)c1cccc(Br)c1. The molecule has 2 atom stereocenters. The van der Waals surface area contributed by atoms with Crippen LogP contribution < -0.4 is 10.6 Å². The monoisotopic (exact) mass is 480 g/mol. The summed E-state index contributed by atoms with van der Waals surface area (Å²) in [6.07, 6.45) is -0.00265. The van der Waals surface area contributed by atoms with Crippen molar-refractivity contribution in [3.05, 3.63) is 69.2 Å². The highest BCUT2D eigenvalue weighted by Gasteiger charge is 2.22. The molecular formula is C21H22BrClN2O4. The molecule has 0 aliphatic heterocycles. The summed E-state index contributed by atoms with van der Waals surface area (Å²) in [5.41, 5.74) is 1.52. The minimum Gasteiger partial charge on any atom is -0.469 e. The van der Waals surface area contributed by atoms with Crippen molar-refractivity contribution in [1.29, 1.82) is 0 Å². The van der Waals surface area contributed by atoms with Gasteiger partial charge in [0.25, 0.3) is 0 Å². The van der Waals surface area contributed by atoms with Gasteiger partial charge in [-0.3, -0.25) is 14.4 Å². The van der Waals surface area contributed by atoms with Gasteiger partial charge < -0.3 is 15.4 Å². The predicted molar refractivity (Wildman–Crippen MR) is 114 cm³/mol. The van der Waals surface area contributed by atoms with Crippen molar-refractivity contribution in [3.8, 4) is 0 Å². The van der Waals surface area contributed by atoms with E-state index >= 15 is 0 Å². The second-order valence-electron chi connectivity index (χ2n) is 6.46. The van der Waals surface area contributed by atoms with Gasteiger partial charge in [0, 0.05) is 16.4 Å². The zero-order chi connectivity index (χ0) is 21.4. The van der Waals surface area contributed by atoms with Crippen LogP contribution in [0.2, 0.25) is 5.02 Å². The van der Waals surface area contributed by atoms with Gasteiger partial charge in [-0.1, -0.05) is 51.8 Å². The first-order valence-electron chi connectivity index (χ1n) is 8.92. The largest absolute Gasteiger partial charge is 0.469 e. The van der Waals surface area contributed by atoms with E-state index in [2.05, 4.69) is 26.6 Å². The number of hydrogen-bond acceptors (Lipinski definition) is 4. The molecule has 2 amide bonds. The summed E-state index contributed by atoms with van der Waals surface area (Å²) in [5, 5.41) is 6.21. The summed E-state index contributed by atoms with van der Waals surface area (Å²) in [4.78, 5) is 36.2. The standard InChI is InChI=1S/C21H22BrClN2O4/c1-13(26)24-18(14-6-8-17(23)9-7-14)11-20(27)25-19(12-21(28)29-2)15-4-3-5-16(22)10-15/h3-10,18-19H,11-12H2,1-2H3,(H,24,26)(H,25,27). The number of esters is 1. The normalized spacial score (nSPS) is 12.6. The lowest BCUT2D eigenvalue weighted by molar-refractivity contribution is -0.141. The quantitative estimate of drug-likeness (QED) is 0.556. The smallest absolute Gasteiger partial charge is 0.307 e. The van der Waals surface area contributed by atoms with Crippen LogP contribution in [0.3, 0.4) is 0 Å². The molecule has 0 bridgehead atoms. The summed E-state index contributed by atoms with van der Waals surface area (Å²) in [7, 11) is 1.30. The predicted octanol–water partition coefficient (Wildman–Crippen LogP) is 4.09. The Morgan fingerprint density at radius 3 is 2.24 bits per heavy atom. The van der Waals surface area contributed by atoms with Gasteiger partial charge >= 0.3 is 5.97 Å². The first-order chi connectivity index (χ1) is 13.8. The van der Waals surface area contributed by atoms with Crippen molar-refractivity contribution in [3.63, 3.8) is 0 Å². The van der Waals surface area contributed by atoms with Gasteiger partial charge in [0.1, 0.15) is 0 Å². The molecule has 0 aliphatic rings. The van der Waals surface area contributed by atoms with E-state index in [0.717, 1.165) is 15.6 Å². The van der Waals surface area contributed by atoms with Gasteiger partial charge in [0.05, 0.1) is 32.0 Å². The summed E-state index contributed by atoms with van der Waals surface area (Å²) in [5.74, 6) is -1.00. The third-order valence-electron chi connectivity index (χ3n) is 4.22. The van der Waals surface area contributed by atoms with E-state index in [0.29, 0.717) is 5.02 Å².